The van der Waals surface area contributed by atoms with Gasteiger partial charge in [-0.2, -0.15) is 12.7 Å². The summed E-state index contributed by atoms with van der Waals surface area (Å²) in [7, 11) is -4.07. The predicted molar refractivity (Wildman–Crippen MR) is 74.5 cm³/mol. The summed E-state index contributed by atoms with van der Waals surface area (Å²) in [5.74, 6) is -1.08. The maximum atomic E-state index is 15.0. The van der Waals surface area contributed by atoms with Crippen LogP contribution in [0.1, 0.15) is 25.7 Å². The molecule has 3 N–H and O–H groups in total. The van der Waals surface area contributed by atoms with E-state index in [2.05, 4.69) is 0 Å². The van der Waals surface area contributed by atoms with Crippen molar-refractivity contribution in [2.45, 2.75) is 44.0 Å². The Bertz CT molecular complexity index is 557. The summed E-state index contributed by atoms with van der Waals surface area (Å²) in [5.41, 5.74) is 0. The van der Waals surface area contributed by atoms with E-state index in [1.165, 1.54) is 0 Å². The predicted octanol–water partition coefficient (Wildman–Crippen LogP) is -0.841. The third kappa shape index (κ3) is 2.64. The quantitative estimate of drug-likeness (QED) is 0.609. The molecule has 0 bridgehead atoms. The monoisotopic (exact) mass is 336 g/mol. The van der Waals surface area contributed by atoms with Crippen LogP contribution in [0, 0.1) is 17.8 Å². The lowest BCUT2D eigenvalue weighted by Crippen LogP contribution is -2.58. The van der Waals surface area contributed by atoms with E-state index in [0.29, 0.717) is 12.8 Å². The number of hydrogen-bond acceptors (Lipinski definition) is 5. The maximum absolute atomic E-state index is 15.0. The molecule has 0 radical (unpaired) electrons. The summed E-state index contributed by atoms with van der Waals surface area (Å²) in [4.78, 5) is 11.3. The maximum Gasteiger partial charge on any atom is 0.304 e. The molecule has 1 aliphatic heterocycles. The van der Waals surface area contributed by atoms with Gasteiger partial charge in [0.2, 0.25) is 5.91 Å². The molecule has 126 valence electrons. The second-order valence-electron chi connectivity index (χ2n) is 6.60. The summed E-state index contributed by atoms with van der Waals surface area (Å²) < 4.78 is 41.4. The van der Waals surface area contributed by atoms with Gasteiger partial charge in [0, 0.05) is 6.61 Å². The molecule has 22 heavy (non-hydrogen) atoms. The number of fused-ring (bicyclic) bond motifs is 1. The summed E-state index contributed by atoms with van der Waals surface area (Å²) >= 11 is 0. The van der Waals surface area contributed by atoms with E-state index in [-0.39, 0.29) is 24.4 Å². The topological polar surface area (TPSA) is 107 Å². The minimum atomic E-state index is -4.07. The van der Waals surface area contributed by atoms with Crippen molar-refractivity contribution in [1.82, 2.24) is 9.03 Å². The highest BCUT2D eigenvalue weighted by Gasteiger charge is 2.53. The molecule has 6 atom stereocenters. The molecule has 2 saturated carbocycles. The summed E-state index contributed by atoms with van der Waals surface area (Å²) in [6.07, 6.45) is -0.321. The molecule has 1 heterocycles. The molecule has 3 fully saturated rings. The van der Waals surface area contributed by atoms with Crippen molar-refractivity contribution in [2.24, 2.45) is 17.8 Å². The standard InChI is InChI=1S/C13H21FN2O5S/c14-12-9-3-7(6-17)1-2-8(9)4-10(18)13(12)16-5-11(19)15-22(16,20)21/h7-10,12-13,17-18H,1-6H2,(H,15,19). The van der Waals surface area contributed by atoms with Crippen LogP contribution in [-0.4, -0.2) is 60.3 Å². The van der Waals surface area contributed by atoms with Crippen molar-refractivity contribution in [1.29, 1.82) is 0 Å². The summed E-state index contributed by atoms with van der Waals surface area (Å²) in [6.45, 7) is -0.462. The Kier molecular flexibility index (Phi) is 4.17. The van der Waals surface area contributed by atoms with Crippen LogP contribution in [0.25, 0.3) is 0 Å². The van der Waals surface area contributed by atoms with Gasteiger partial charge in [-0.05, 0) is 43.4 Å². The van der Waals surface area contributed by atoms with Crippen molar-refractivity contribution in [3.05, 3.63) is 0 Å². The molecule has 1 saturated heterocycles. The molecular formula is C13H21FN2O5S. The average Bonchev–Trinajstić information content (AvgIpc) is 2.71. The minimum absolute atomic E-state index is 0.00184. The van der Waals surface area contributed by atoms with Gasteiger partial charge < -0.3 is 10.2 Å². The molecule has 0 aromatic carbocycles. The van der Waals surface area contributed by atoms with Crippen LogP contribution < -0.4 is 4.72 Å². The first-order valence-corrected chi connectivity index (χ1v) is 9.03. The van der Waals surface area contributed by atoms with Crippen molar-refractivity contribution < 1.29 is 27.8 Å². The fraction of sp³-hybridized carbons (Fsp3) is 0.923. The van der Waals surface area contributed by atoms with Gasteiger partial charge in [0.1, 0.15) is 6.17 Å². The Morgan fingerprint density at radius 2 is 2.05 bits per heavy atom. The lowest BCUT2D eigenvalue weighted by atomic mass is 9.64. The van der Waals surface area contributed by atoms with Crippen molar-refractivity contribution in [3.63, 3.8) is 0 Å². The summed E-state index contributed by atoms with van der Waals surface area (Å²) in [6, 6.07) is -1.23. The van der Waals surface area contributed by atoms with E-state index in [0.717, 1.165) is 17.1 Å². The molecule has 1 amide bonds. The Hall–Kier alpha value is -0.770. The second-order valence-corrected chi connectivity index (χ2v) is 8.22. The number of alkyl halides is 1. The van der Waals surface area contributed by atoms with Gasteiger partial charge in [0.15, 0.2) is 0 Å². The van der Waals surface area contributed by atoms with E-state index in [4.69, 9.17) is 0 Å². The first-order chi connectivity index (χ1) is 10.3. The van der Waals surface area contributed by atoms with Crippen LogP contribution in [-0.2, 0) is 15.0 Å². The normalized spacial score (nSPS) is 45.3. The highest BCUT2D eigenvalue weighted by atomic mass is 32.2. The van der Waals surface area contributed by atoms with Gasteiger partial charge in [-0.25, -0.2) is 9.11 Å². The van der Waals surface area contributed by atoms with E-state index in [9.17, 15) is 27.8 Å². The Labute approximate surface area is 128 Å². The fourth-order valence-corrected chi connectivity index (χ4v) is 5.53. The Morgan fingerprint density at radius 1 is 1.32 bits per heavy atom. The zero-order valence-corrected chi connectivity index (χ0v) is 12.9. The molecule has 9 heteroatoms. The number of aliphatic hydroxyl groups is 2. The molecule has 3 rings (SSSR count). The highest BCUT2D eigenvalue weighted by molar-refractivity contribution is 7.88. The summed E-state index contributed by atoms with van der Waals surface area (Å²) in [5, 5.41) is 19.5. The number of nitrogens with one attached hydrogen (secondary N) is 1. The zero-order valence-electron chi connectivity index (χ0n) is 12.1. The number of carbonyl (C=O) groups excluding carboxylic acids is 1. The minimum Gasteiger partial charge on any atom is -0.396 e. The van der Waals surface area contributed by atoms with Gasteiger partial charge in [0.25, 0.3) is 0 Å². The number of aliphatic hydroxyl groups excluding tert-OH is 2. The van der Waals surface area contributed by atoms with Gasteiger partial charge in [0.05, 0.1) is 18.7 Å². The molecule has 0 aromatic rings. The average molecular weight is 336 g/mol. The number of halogens is 1. The van der Waals surface area contributed by atoms with Crippen LogP contribution >= 0.6 is 0 Å². The van der Waals surface area contributed by atoms with E-state index in [1.807, 2.05) is 4.72 Å². The highest BCUT2D eigenvalue weighted by Crippen LogP contribution is 2.45. The zero-order chi connectivity index (χ0) is 16.1. The largest absolute Gasteiger partial charge is 0.396 e. The van der Waals surface area contributed by atoms with E-state index in [1.54, 1.807) is 0 Å². The third-order valence-corrected chi connectivity index (χ3v) is 6.75. The number of amides is 1. The number of rotatable bonds is 2. The van der Waals surface area contributed by atoms with Gasteiger partial charge in [-0.15, -0.1) is 0 Å². The van der Waals surface area contributed by atoms with E-state index < -0.39 is 41.0 Å². The van der Waals surface area contributed by atoms with Gasteiger partial charge in [-0.1, -0.05) is 0 Å². The van der Waals surface area contributed by atoms with Crippen LogP contribution in [0.4, 0.5) is 4.39 Å². The molecule has 0 spiro atoms. The van der Waals surface area contributed by atoms with Crippen LogP contribution in [0.2, 0.25) is 0 Å². The lowest BCUT2D eigenvalue weighted by molar-refractivity contribution is -0.120. The lowest BCUT2D eigenvalue weighted by Gasteiger charge is -2.47. The van der Waals surface area contributed by atoms with Crippen molar-refractivity contribution >= 4 is 16.1 Å². The van der Waals surface area contributed by atoms with Crippen LogP contribution in [0.3, 0.4) is 0 Å². The van der Waals surface area contributed by atoms with Gasteiger partial charge in [-0.3, -0.25) is 4.79 Å². The molecule has 6 unspecified atom stereocenters. The van der Waals surface area contributed by atoms with Gasteiger partial charge >= 0.3 is 10.2 Å². The smallest absolute Gasteiger partial charge is 0.304 e. The third-order valence-electron chi connectivity index (χ3n) is 5.27. The number of hydrogen-bond donors (Lipinski definition) is 3. The first kappa shape index (κ1) is 16.1. The second kappa shape index (κ2) is 5.70. The SMILES string of the molecule is O=C1CN(C2C(O)CC3CCC(CO)CC3C2F)S(=O)(=O)N1. The van der Waals surface area contributed by atoms with Crippen molar-refractivity contribution in [3.8, 4) is 0 Å². The molecule has 2 aliphatic carbocycles. The molecule has 3 aliphatic rings. The number of carbonyl (C=O) groups is 1. The Morgan fingerprint density at radius 3 is 2.64 bits per heavy atom. The Balaban J connectivity index is 1.84. The first-order valence-electron chi connectivity index (χ1n) is 7.59. The molecule has 0 aromatic heterocycles. The van der Waals surface area contributed by atoms with E-state index >= 15 is 0 Å². The van der Waals surface area contributed by atoms with Crippen LogP contribution in [0.15, 0.2) is 0 Å². The van der Waals surface area contributed by atoms with Crippen LogP contribution in [0.5, 0.6) is 0 Å². The molecule has 7 nitrogen and oxygen atoms in total. The fourth-order valence-electron chi connectivity index (χ4n) is 4.20. The number of nitrogens with zero attached hydrogens (tertiary/aromatic N) is 1. The van der Waals surface area contributed by atoms with Crippen molar-refractivity contribution in [2.75, 3.05) is 13.2 Å². The molecular weight excluding hydrogens is 315 g/mol.